The summed E-state index contributed by atoms with van der Waals surface area (Å²) in [4.78, 5) is 0. The molecule has 13 heavy (non-hydrogen) atoms. The molecule has 0 saturated heterocycles. The van der Waals surface area contributed by atoms with Crippen molar-refractivity contribution in [2.24, 2.45) is 0 Å². The van der Waals surface area contributed by atoms with Crippen molar-refractivity contribution in [3.8, 4) is 0 Å². The molecular formula is C9H16F3N. The van der Waals surface area contributed by atoms with E-state index in [-0.39, 0.29) is 6.42 Å². The van der Waals surface area contributed by atoms with Crippen LogP contribution in [-0.4, -0.2) is 18.8 Å². The van der Waals surface area contributed by atoms with Gasteiger partial charge in [0.15, 0.2) is 0 Å². The Hall–Kier alpha value is -0.510. The van der Waals surface area contributed by atoms with Crippen molar-refractivity contribution in [1.82, 2.24) is 5.32 Å². The third-order valence-corrected chi connectivity index (χ3v) is 1.75. The number of hydrogen-bond donors (Lipinski definition) is 1. The SMILES string of the molecule is C=CCCCC(NCC)C(F)(F)F. The van der Waals surface area contributed by atoms with Gasteiger partial charge in [0.1, 0.15) is 6.04 Å². The standard InChI is InChI=1S/C9H16F3N/c1-3-5-6-7-8(13-4-2)9(10,11)12/h3,8,13H,1,4-7H2,2H3. The molecule has 0 saturated carbocycles. The van der Waals surface area contributed by atoms with Gasteiger partial charge in [-0.2, -0.15) is 13.2 Å². The van der Waals surface area contributed by atoms with E-state index in [1.54, 1.807) is 13.0 Å². The maximum atomic E-state index is 12.2. The molecule has 0 radical (unpaired) electrons. The summed E-state index contributed by atoms with van der Waals surface area (Å²) in [7, 11) is 0. The fraction of sp³-hybridized carbons (Fsp3) is 0.778. The highest BCUT2D eigenvalue weighted by molar-refractivity contribution is 4.76. The Kier molecular flexibility index (Phi) is 5.79. The largest absolute Gasteiger partial charge is 0.403 e. The van der Waals surface area contributed by atoms with Crippen LogP contribution in [0.5, 0.6) is 0 Å². The Labute approximate surface area is 77.0 Å². The summed E-state index contributed by atoms with van der Waals surface area (Å²) in [5, 5.41) is 2.42. The number of halogens is 3. The van der Waals surface area contributed by atoms with Gasteiger partial charge in [-0.15, -0.1) is 6.58 Å². The van der Waals surface area contributed by atoms with Crippen LogP contribution < -0.4 is 5.32 Å². The van der Waals surface area contributed by atoms with Crippen molar-refractivity contribution >= 4 is 0 Å². The van der Waals surface area contributed by atoms with E-state index in [2.05, 4.69) is 11.9 Å². The van der Waals surface area contributed by atoms with Gasteiger partial charge in [-0.1, -0.05) is 13.0 Å². The number of rotatable bonds is 6. The minimum atomic E-state index is -4.13. The zero-order chi connectivity index (χ0) is 10.3. The molecule has 1 atom stereocenters. The Morgan fingerprint density at radius 1 is 1.46 bits per heavy atom. The van der Waals surface area contributed by atoms with E-state index in [0.29, 0.717) is 19.4 Å². The monoisotopic (exact) mass is 195 g/mol. The van der Waals surface area contributed by atoms with Crippen LogP contribution >= 0.6 is 0 Å². The molecule has 0 spiro atoms. The fourth-order valence-electron chi connectivity index (χ4n) is 1.09. The van der Waals surface area contributed by atoms with Crippen LogP contribution in [0.4, 0.5) is 13.2 Å². The molecule has 0 heterocycles. The summed E-state index contributed by atoms with van der Waals surface area (Å²) >= 11 is 0. The predicted molar refractivity (Wildman–Crippen MR) is 47.6 cm³/mol. The van der Waals surface area contributed by atoms with E-state index < -0.39 is 12.2 Å². The lowest BCUT2D eigenvalue weighted by atomic mass is 10.1. The molecule has 0 aromatic carbocycles. The smallest absolute Gasteiger partial charge is 0.306 e. The second kappa shape index (κ2) is 6.02. The predicted octanol–water partition coefficient (Wildman–Crippen LogP) is 2.88. The minimum Gasteiger partial charge on any atom is -0.306 e. The molecule has 0 aromatic heterocycles. The number of unbranched alkanes of at least 4 members (excludes halogenated alkanes) is 1. The lowest BCUT2D eigenvalue weighted by molar-refractivity contribution is -0.157. The molecule has 0 aromatic rings. The first-order valence-corrected chi connectivity index (χ1v) is 4.43. The molecular weight excluding hydrogens is 179 g/mol. The van der Waals surface area contributed by atoms with Crippen LogP contribution in [0.2, 0.25) is 0 Å². The molecule has 0 aliphatic carbocycles. The summed E-state index contributed by atoms with van der Waals surface area (Å²) in [5.74, 6) is 0. The summed E-state index contributed by atoms with van der Waals surface area (Å²) in [6.07, 6.45) is -1.20. The normalized spacial score (nSPS) is 14.2. The first-order valence-electron chi connectivity index (χ1n) is 4.43. The van der Waals surface area contributed by atoms with Gasteiger partial charge >= 0.3 is 6.18 Å². The average Bonchev–Trinajstić information content (AvgIpc) is 2.01. The average molecular weight is 195 g/mol. The van der Waals surface area contributed by atoms with Crippen LogP contribution in [0.15, 0.2) is 12.7 Å². The van der Waals surface area contributed by atoms with Crippen molar-refractivity contribution in [1.29, 1.82) is 0 Å². The van der Waals surface area contributed by atoms with Gasteiger partial charge < -0.3 is 5.32 Å². The Bertz CT molecular complexity index is 142. The molecule has 0 aliphatic rings. The Morgan fingerprint density at radius 2 is 2.08 bits per heavy atom. The summed E-state index contributed by atoms with van der Waals surface area (Å²) in [6.45, 7) is 5.48. The van der Waals surface area contributed by atoms with Crippen molar-refractivity contribution in [3.63, 3.8) is 0 Å². The Morgan fingerprint density at radius 3 is 2.46 bits per heavy atom. The van der Waals surface area contributed by atoms with E-state index in [4.69, 9.17) is 0 Å². The minimum absolute atomic E-state index is 0.128. The summed E-state index contributed by atoms with van der Waals surface area (Å²) < 4.78 is 36.7. The topological polar surface area (TPSA) is 12.0 Å². The molecule has 78 valence electrons. The van der Waals surface area contributed by atoms with Crippen LogP contribution in [0, 0.1) is 0 Å². The molecule has 0 rings (SSSR count). The summed E-state index contributed by atoms with van der Waals surface area (Å²) in [6, 6.07) is -1.36. The molecule has 1 unspecified atom stereocenters. The van der Waals surface area contributed by atoms with Crippen molar-refractivity contribution in [2.45, 2.75) is 38.4 Å². The number of alkyl halides is 3. The molecule has 0 bridgehead atoms. The maximum Gasteiger partial charge on any atom is 0.403 e. The highest BCUT2D eigenvalue weighted by atomic mass is 19.4. The first kappa shape index (κ1) is 12.5. The van der Waals surface area contributed by atoms with Crippen molar-refractivity contribution < 1.29 is 13.2 Å². The van der Waals surface area contributed by atoms with Gasteiger partial charge in [-0.3, -0.25) is 0 Å². The van der Waals surface area contributed by atoms with Gasteiger partial charge in [-0.25, -0.2) is 0 Å². The zero-order valence-corrected chi connectivity index (χ0v) is 7.82. The Balaban J connectivity index is 3.87. The van der Waals surface area contributed by atoms with Crippen LogP contribution in [0.25, 0.3) is 0 Å². The number of allylic oxidation sites excluding steroid dienone is 1. The first-order chi connectivity index (χ1) is 6.02. The van der Waals surface area contributed by atoms with Crippen molar-refractivity contribution in [2.75, 3.05) is 6.54 Å². The van der Waals surface area contributed by atoms with Crippen LogP contribution in [0.3, 0.4) is 0 Å². The fourth-order valence-corrected chi connectivity index (χ4v) is 1.09. The summed E-state index contributed by atoms with van der Waals surface area (Å²) in [5.41, 5.74) is 0. The molecule has 0 aliphatic heterocycles. The van der Waals surface area contributed by atoms with Gasteiger partial charge in [-0.05, 0) is 25.8 Å². The maximum absolute atomic E-state index is 12.2. The van der Waals surface area contributed by atoms with Crippen LogP contribution in [0.1, 0.15) is 26.2 Å². The van der Waals surface area contributed by atoms with E-state index in [1.165, 1.54) is 0 Å². The molecule has 1 nitrogen and oxygen atoms in total. The molecule has 4 heteroatoms. The second-order valence-corrected chi connectivity index (χ2v) is 2.87. The third kappa shape index (κ3) is 5.69. The lowest BCUT2D eigenvalue weighted by Gasteiger charge is -2.20. The van der Waals surface area contributed by atoms with Gasteiger partial charge in [0.05, 0.1) is 0 Å². The number of hydrogen-bond acceptors (Lipinski definition) is 1. The van der Waals surface area contributed by atoms with Gasteiger partial charge in [0.2, 0.25) is 0 Å². The molecule has 1 N–H and O–H groups in total. The second-order valence-electron chi connectivity index (χ2n) is 2.87. The van der Waals surface area contributed by atoms with Gasteiger partial charge in [0, 0.05) is 0 Å². The highest BCUT2D eigenvalue weighted by Gasteiger charge is 2.38. The van der Waals surface area contributed by atoms with Gasteiger partial charge in [0.25, 0.3) is 0 Å². The quantitative estimate of drug-likeness (QED) is 0.507. The van der Waals surface area contributed by atoms with Crippen molar-refractivity contribution in [3.05, 3.63) is 12.7 Å². The highest BCUT2D eigenvalue weighted by Crippen LogP contribution is 2.23. The lowest BCUT2D eigenvalue weighted by Crippen LogP contribution is -2.41. The van der Waals surface area contributed by atoms with E-state index in [1.807, 2.05) is 0 Å². The molecule has 0 amide bonds. The van der Waals surface area contributed by atoms with E-state index >= 15 is 0 Å². The van der Waals surface area contributed by atoms with E-state index in [0.717, 1.165) is 0 Å². The van der Waals surface area contributed by atoms with Crippen LogP contribution in [-0.2, 0) is 0 Å². The third-order valence-electron chi connectivity index (χ3n) is 1.75. The number of nitrogens with one attached hydrogen (secondary N) is 1. The molecule has 0 fully saturated rings. The zero-order valence-electron chi connectivity index (χ0n) is 7.82. The van der Waals surface area contributed by atoms with E-state index in [9.17, 15) is 13.2 Å².